The van der Waals surface area contributed by atoms with Gasteiger partial charge in [0.1, 0.15) is 10.7 Å². The van der Waals surface area contributed by atoms with Gasteiger partial charge in [-0.05, 0) is 42.6 Å². The molecule has 8 heteroatoms. The molecule has 0 fully saturated rings. The number of nitrogens with one attached hydrogen (secondary N) is 2. The maximum absolute atomic E-state index is 12.7. The smallest absolute Gasteiger partial charge is 0.337 e. The van der Waals surface area contributed by atoms with Crippen molar-refractivity contribution in [1.29, 1.82) is 0 Å². The monoisotopic (exact) mass is 411 g/mol. The van der Waals surface area contributed by atoms with E-state index in [9.17, 15) is 9.59 Å². The molecule has 0 radical (unpaired) electrons. The number of aromatic nitrogens is 2. The minimum absolute atomic E-state index is 0.140. The minimum atomic E-state index is -0.379. The molecule has 2 N–H and O–H groups in total. The van der Waals surface area contributed by atoms with E-state index in [4.69, 9.17) is 4.74 Å². The van der Waals surface area contributed by atoms with E-state index in [0.717, 1.165) is 21.0 Å². The van der Waals surface area contributed by atoms with Crippen molar-refractivity contribution in [2.75, 3.05) is 12.4 Å². The van der Waals surface area contributed by atoms with E-state index in [0.29, 0.717) is 16.8 Å². The first kappa shape index (κ1) is 18.4. The van der Waals surface area contributed by atoms with E-state index in [-0.39, 0.29) is 17.6 Å². The highest BCUT2D eigenvalue weighted by atomic mass is 32.1. The Morgan fingerprint density at radius 3 is 2.68 bits per heavy atom. The fourth-order valence-electron chi connectivity index (χ4n) is 2.92. The van der Waals surface area contributed by atoms with E-state index in [1.165, 1.54) is 18.4 Å². The molecule has 3 heterocycles. The molecular formula is C20H17N3O3S2. The number of esters is 1. The zero-order valence-corrected chi connectivity index (χ0v) is 16.8. The summed E-state index contributed by atoms with van der Waals surface area (Å²) in [5.74, 6) is 0.185. The number of fused-ring (bicyclic) bond motifs is 1. The summed E-state index contributed by atoms with van der Waals surface area (Å²) in [6.45, 7) is 1.92. The number of benzene rings is 1. The first-order valence-electron chi connectivity index (χ1n) is 8.57. The fourth-order valence-corrected chi connectivity index (χ4v) is 4.69. The topological polar surface area (TPSA) is 84.1 Å². The molecule has 4 rings (SSSR count). The van der Waals surface area contributed by atoms with Gasteiger partial charge in [-0.1, -0.05) is 6.07 Å². The number of ether oxygens (including phenoxy) is 1. The van der Waals surface area contributed by atoms with Gasteiger partial charge in [-0.15, -0.1) is 22.7 Å². The van der Waals surface area contributed by atoms with Crippen LogP contribution in [0, 0.1) is 0 Å². The summed E-state index contributed by atoms with van der Waals surface area (Å²) in [6, 6.07) is 10.7. The maximum atomic E-state index is 12.7. The van der Waals surface area contributed by atoms with E-state index in [1.807, 2.05) is 29.8 Å². The third kappa shape index (κ3) is 3.44. The number of H-pyrrole nitrogens is 1. The number of aromatic amines is 1. The lowest BCUT2D eigenvalue weighted by molar-refractivity contribution is 0.0601. The molecule has 142 valence electrons. The normalized spacial score (nSPS) is 12.1. The number of nitrogens with zero attached hydrogens (tertiary/aromatic N) is 1. The van der Waals surface area contributed by atoms with Gasteiger partial charge in [0.15, 0.2) is 0 Å². The summed E-state index contributed by atoms with van der Waals surface area (Å²) in [4.78, 5) is 33.6. The summed E-state index contributed by atoms with van der Waals surface area (Å²) >= 11 is 3.07. The largest absolute Gasteiger partial charge is 0.465 e. The average molecular weight is 412 g/mol. The van der Waals surface area contributed by atoms with Crippen LogP contribution < -0.4 is 10.9 Å². The summed E-state index contributed by atoms with van der Waals surface area (Å²) in [7, 11) is 1.35. The van der Waals surface area contributed by atoms with Crippen molar-refractivity contribution in [2.24, 2.45) is 0 Å². The van der Waals surface area contributed by atoms with Crippen LogP contribution in [0.1, 0.15) is 29.1 Å². The van der Waals surface area contributed by atoms with Crippen molar-refractivity contribution >= 4 is 44.5 Å². The summed E-state index contributed by atoms with van der Waals surface area (Å²) in [5, 5.41) is 7.89. The molecule has 3 aromatic heterocycles. The van der Waals surface area contributed by atoms with E-state index < -0.39 is 0 Å². The van der Waals surface area contributed by atoms with Gasteiger partial charge in [0, 0.05) is 21.5 Å². The molecule has 0 aliphatic rings. The second-order valence-electron chi connectivity index (χ2n) is 6.19. The highest BCUT2D eigenvalue weighted by Gasteiger charge is 2.16. The second-order valence-corrected chi connectivity index (χ2v) is 8.00. The first-order valence-corrected chi connectivity index (χ1v) is 10.3. The first-order chi connectivity index (χ1) is 13.6. The lowest BCUT2D eigenvalue weighted by Gasteiger charge is -2.14. The van der Waals surface area contributed by atoms with Gasteiger partial charge < -0.3 is 15.0 Å². The molecule has 0 unspecified atom stereocenters. The van der Waals surface area contributed by atoms with Gasteiger partial charge in [0.25, 0.3) is 5.56 Å². The Hall–Kier alpha value is -2.97. The maximum Gasteiger partial charge on any atom is 0.337 e. The summed E-state index contributed by atoms with van der Waals surface area (Å²) in [5.41, 5.74) is 2.08. The molecule has 0 spiro atoms. The van der Waals surface area contributed by atoms with E-state index in [2.05, 4.69) is 15.3 Å². The number of thiophene rings is 2. The lowest BCUT2D eigenvalue weighted by atomic mass is 10.2. The van der Waals surface area contributed by atoms with Crippen LogP contribution in [0.25, 0.3) is 20.7 Å². The molecule has 0 aliphatic carbocycles. The van der Waals surface area contributed by atoms with Crippen LogP contribution in [-0.2, 0) is 4.74 Å². The Labute approximate surface area is 168 Å². The number of rotatable bonds is 5. The third-order valence-corrected chi connectivity index (χ3v) is 6.12. The predicted octanol–water partition coefficient (Wildman–Crippen LogP) is 4.67. The van der Waals surface area contributed by atoms with Gasteiger partial charge in [0.05, 0.1) is 24.1 Å². The number of hydrogen-bond acceptors (Lipinski definition) is 7. The van der Waals surface area contributed by atoms with Crippen LogP contribution in [0.3, 0.4) is 0 Å². The summed E-state index contributed by atoms with van der Waals surface area (Å²) < 4.78 is 4.70. The number of methoxy groups -OCH3 is 1. The highest BCUT2D eigenvalue weighted by molar-refractivity contribution is 7.18. The molecule has 0 saturated carbocycles. The second kappa shape index (κ2) is 7.57. The molecule has 0 saturated heterocycles. The number of carbonyl (C=O) groups excluding carboxylic acids is 1. The van der Waals surface area contributed by atoms with Gasteiger partial charge >= 0.3 is 5.97 Å². The van der Waals surface area contributed by atoms with Gasteiger partial charge in [0.2, 0.25) is 0 Å². The summed E-state index contributed by atoms with van der Waals surface area (Å²) in [6.07, 6.45) is 0. The fraction of sp³-hybridized carbons (Fsp3) is 0.150. The van der Waals surface area contributed by atoms with Crippen molar-refractivity contribution in [3.63, 3.8) is 0 Å². The Morgan fingerprint density at radius 2 is 2.00 bits per heavy atom. The Morgan fingerprint density at radius 1 is 1.21 bits per heavy atom. The third-order valence-electron chi connectivity index (χ3n) is 4.35. The highest BCUT2D eigenvalue weighted by Crippen LogP contribution is 2.33. The Kier molecular flexibility index (Phi) is 4.97. The molecule has 6 nitrogen and oxygen atoms in total. The van der Waals surface area contributed by atoms with Crippen molar-refractivity contribution in [1.82, 2.24) is 9.97 Å². The SMILES string of the molecule is COC(=O)c1ccc(N[C@@H](C)c2nc3scc(-c4cccs4)c3c(=O)[nH]2)cc1. The number of anilines is 1. The Bertz CT molecular complexity index is 1180. The standard InChI is InChI=1S/C20H17N3O3S2/c1-11(21-13-7-5-12(6-8-13)20(25)26-2)17-22-18(24)16-14(10-28-19(16)23-17)15-4-3-9-27-15/h3-11,21H,1-2H3,(H,22,23,24)/t11-/m0/s1. The number of hydrogen-bond donors (Lipinski definition) is 2. The van der Waals surface area contributed by atoms with Crippen LogP contribution in [0.5, 0.6) is 0 Å². The molecular weight excluding hydrogens is 394 g/mol. The van der Waals surface area contributed by atoms with Gasteiger partial charge in [-0.3, -0.25) is 4.79 Å². The quantitative estimate of drug-likeness (QED) is 0.466. The molecule has 1 atom stereocenters. The molecule has 4 aromatic rings. The van der Waals surface area contributed by atoms with Crippen molar-refractivity contribution in [2.45, 2.75) is 13.0 Å². The zero-order chi connectivity index (χ0) is 19.7. The molecule has 28 heavy (non-hydrogen) atoms. The van der Waals surface area contributed by atoms with Crippen LogP contribution >= 0.6 is 22.7 Å². The van der Waals surface area contributed by atoms with E-state index in [1.54, 1.807) is 35.6 Å². The number of carbonyl (C=O) groups is 1. The van der Waals surface area contributed by atoms with Crippen LogP contribution in [0.4, 0.5) is 5.69 Å². The van der Waals surface area contributed by atoms with Crippen LogP contribution in [0.15, 0.2) is 52.0 Å². The molecule has 1 aromatic carbocycles. The Balaban J connectivity index is 1.60. The lowest BCUT2D eigenvalue weighted by Crippen LogP contribution is -2.17. The predicted molar refractivity (Wildman–Crippen MR) is 113 cm³/mol. The average Bonchev–Trinajstić information content (AvgIpc) is 3.37. The van der Waals surface area contributed by atoms with Crippen molar-refractivity contribution in [3.05, 3.63) is 68.9 Å². The van der Waals surface area contributed by atoms with Crippen molar-refractivity contribution in [3.8, 4) is 10.4 Å². The van der Waals surface area contributed by atoms with E-state index >= 15 is 0 Å². The molecule has 0 aliphatic heterocycles. The molecule has 0 bridgehead atoms. The van der Waals surface area contributed by atoms with Crippen LogP contribution in [0.2, 0.25) is 0 Å². The van der Waals surface area contributed by atoms with Gasteiger partial charge in [-0.25, -0.2) is 9.78 Å². The van der Waals surface area contributed by atoms with Crippen molar-refractivity contribution < 1.29 is 9.53 Å². The van der Waals surface area contributed by atoms with Gasteiger partial charge in [-0.2, -0.15) is 0 Å². The zero-order valence-electron chi connectivity index (χ0n) is 15.2. The molecule has 0 amide bonds. The van der Waals surface area contributed by atoms with Crippen LogP contribution in [-0.4, -0.2) is 23.0 Å². The minimum Gasteiger partial charge on any atom is -0.465 e.